The lowest BCUT2D eigenvalue weighted by Gasteiger charge is -2.09. The largest absolute Gasteiger partial charge is 0.416 e. The number of halogens is 3. The van der Waals surface area contributed by atoms with E-state index < -0.39 is 11.7 Å². The summed E-state index contributed by atoms with van der Waals surface area (Å²) in [7, 11) is 0. The quantitative estimate of drug-likeness (QED) is 0.818. The van der Waals surface area contributed by atoms with Crippen LogP contribution in [0.15, 0.2) is 30.5 Å². The van der Waals surface area contributed by atoms with Crippen molar-refractivity contribution >= 4 is 11.8 Å². The molecule has 0 atom stereocenters. The zero-order valence-corrected chi connectivity index (χ0v) is 9.07. The first-order valence-corrected chi connectivity index (χ1v) is 4.93. The lowest BCUT2D eigenvalue weighted by molar-refractivity contribution is -0.137. The molecule has 0 spiro atoms. The third kappa shape index (κ3) is 2.34. The maximum Gasteiger partial charge on any atom is 0.416 e. The van der Waals surface area contributed by atoms with Gasteiger partial charge in [-0.25, -0.2) is 4.98 Å². The van der Waals surface area contributed by atoms with E-state index in [1.54, 1.807) is 0 Å². The SMILES string of the molecule is Nc1ncc(-c2cccc(C(F)(F)F)c2)c(N)n1. The molecule has 1 aromatic carbocycles. The fourth-order valence-corrected chi connectivity index (χ4v) is 1.49. The molecule has 18 heavy (non-hydrogen) atoms. The van der Waals surface area contributed by atoms with Crippen molar-refractivity contribution in [3.63, 3.8) is 0 Å². The summed E-state index contributed by atoms with van der Waals surface area (Å²) in [5.41, 5.74) is 10.8. The van der Waals surface area contributed by atoms with E-state index in [9.17, 15) is 13.2 Å². The Balaban J connectivity index is 2.51. The van der Waals surface area contributed by atoms with Crippen molar-refractivity contribution in [1.82, 2.24) is 9.97 Å². The van der Waals surface area contributed by atoms with Gasteiger partial charge in [-0.3, -0.25) is 0 Å². The van der Waals surface area contributed by atoms with Gasteiger partial charge in [0, 0.05) is 11.8 Å². The van der Waals surface area contributed by atoms with Crippen LogP contribution in [-0.2, 0) is 6.18 Å². The van der Waals surface area contributed by atoms with E-state index in [4.69, 9.17) is 11.5 Å². The number of nitrogens with two attached hydrogens (primary N) is 2. The highest BCUT2D eigenvalue weighted by molar-refractivity contribution is 5.74. The normalized spacial score (nSPS) is 11.5. The molecule has 0 saturated heterocycles. The van der Waals surface area contributed by atoms with Gasteiger partial charge in [0.25, 0.3) is 0 Å². The molecule has 0 fully saturated rings. The molecule has 0 radical (unpaired) electrons. The van der Waals surface area contributed by atoms with Crippen LogP contribution in [0.3, 0.4) is 0 Å². The molecule has 0 bridgehead atoms. The van der Waals surface area contributed by atoms with Gasteiger partial charge >= 0.3 is 6.18 Å². The third-order valence-corrected chi connectivity index (χ3v) is 2.34. The topological polar surface area (TPSA) is 77.8 Å². The molecule has 0 aliphatic heterocycles. The first kappa shape index (κ1) is 12.2. The summed E-state index contributed by atoms with van der Waals surface area (Å²) in [4.78, 5) is 7.42. The highest BCUT2D eigenvalue weighted by atomic mass is 19.4. The molecular formula is C11H9F3N4. The molecule has 0 unspecified atom stereocenters. The first-order chi connectivity index (χ1) is 8.38. The Kier molecular flexibility index (Phi) is 2.82. The van der Waals surface area contributed by atoms with Crippen molar-refractivity contribution in [2.45, 2.75) is 6.18 Å². The molecule has 2 rings (SSSR count). The van der Waals surface area contributed by atoms with Crippen LogP contribution in [0, 0.1) is 0 Å². The monoisotopic (exact) mass is 254 g/mol. The highest BCUT2D eigenvalue weighted by Crippen LogP contribution is 2.33. The minimum Gasteiger partial charge on any atom is -0.383 e. The standard InChI is InChI=1S/C11H9F3N4/c12-11(13,14)7-3-1-2-6(4-7)8-5-17-10(16)18-9(8)15/h1-5H,(H4,15,16,17,18). The fraction of sp³-hybridized carbons (Fsp3) is 0.0909. The Morgan fingerprint density at radius 1 is 1.11 bits per heavy atom. The Morgan fingerprint density at radius 2 is 1.83 bits per heavy atom. The summed E-state index contributed by atoms with van der Waals surface area (Å²) in [6, 6.07) is 4.78. The number of hydrogen-bond acceptors (Lipinski definition) is 4. The molecule has 7 heteroatoms. The molecule has 2 aromatic rings. The number of nitrogens with zero attached hydrogens (tertiary/aromatic N) is 2. The lowest BCUT2D eigenvalue weighted by atomic mass is 10.0. The second kappa shape index (κ2) is 4.17. The van der Waals surface area contributed by atoms with Gasteiger partial charge in [0.15, 0.2) is 0 Å². The third-order valence-electron chi connectivity index (χ3n) is 2.34. The molecule has 4 N–H and O–H groups in total. The predicted octanol–water partition coefficient (Wildman–Crippen LogP) is 2.33. The number of aromatic nitrogens is 2. The molecule has 1 aromatic heterocycles. The van der Waals surface area contributed by atoms with E-state index in [2.05, 4.69) is 9.97 Å². The van der Waals surface area contributed by atoms with E-state index in [-0.39, 0.29) is 11.8 Å². The van der Waals surface area contributed by atoms with Gasteiger partial charge in [-0.2, -0.15) is 18.2 Å². The molecule has 0 saturated carbocycles. The number of benzene rings is 1. The van der Waals surface area contributed by atoms with Crippen molar-refractivity contribution in [2.24, 2.45) is 0 Å². The van der Waals surface area contributed by atoms with Crippen molar-refractivity contribution in [2.75, 3.05) is 11.5 Å². The smallest absolute Gasteiger partial charge is 0.383 e. The number of nitrogen functional groups attached to an aromatic ring is 2. The average Bonchev–Trinajstić information content (AvgIpc) is 2.28. The summed E-state index contributed by atoms with van der Waals surface area (Å²) < 4.78 is 37.7. The highest BCUT2D eigenvalue weighted by Gasteiger charge is 2.30. The van der Waals surface area contributed by atoms with Crippen molar-refractivity contribution < 1.29 is 13.2 Å². The zero-order chi connectivity index (χ0) is 13.3. The fourth-order valence-electron chi connectivity index (χ4n) is 1.49. The van der Waals surface area contributed by atoms with Gasteiger partial charge in [0.1, 0.15) is 5.82 Å². The summed E-state index contributed by atoms with van der Waals surface area (Å²) in [5.74, 6) is 0.0186. The lowest BCUT2D eigenvalue weighted by Crippen LogP contribution is -2.05. The minimum absolute atomic E-state index is 0.0248. The van der Waals surface area contributed by atoms with E-state index in [1.165, 1.54) is 18.3 Å². The van der Waals surface area contributed by atoms with Gasteiger partial charge in [-0.15, -0.1) is 0 Å². The second-order valence-corrected chi connectivity index (χ2v) is 3.61. The van der Waals surface area contributed by atoms with Crippen LogP contribution in [0.1, 0.15) is 5.56 Å². The van der Waals surface area contributed by atoms with Crippen molar-refractivity contribution in [3.05, 3.63) is 36.0 Å². The second-order valence-electron chi connectivity index (χ2n) is 3.61. The first-order valence-electron chi connectivity index (χ1n) is 4.93. The number of anilines is 2. The Labute approximate surface area is 100 Å². The Hall–Kier alpha value is -2.31. The van der Waals surface area contributed by atoms with E-state index >= 15 is 0 Å². The average molecular weight is 254 g/mol. The molecule has 1 heterocycles. The van der Waals surface area contributed by atoms with Crippen LogP contribution in [-0.4, -0.2) is 9.97 Å². The summed E-state index contributed by atoms with van der Waals surface area (Å²) in [5, 5.41) is 0. The summed E-state index contributed by atoms with van der Waals surface area (Å²) in [6.45, 7) is 0. The van der Waals surface area contributed by atoms with Gasteiger partial charge in [0.05, 0.1) is 5.56 Å². The maximum absolute atomic E-state index is 12.6. The molecule has 0 amide bonds. The van der Waals surface area contributed by atoms with Crippen molar-refractivity contribution in [1.29, 1.82) is 0 Å². The van der Waals surface area contributed by atoms with Crippen LogP contribution in [0.4, 0.5) is 24.9 Å². The Morgan fingerprint density at radius 3 is 2.44 bits per heavy atom. The summed E-state index contributed by atoms with van der Waals surface area (Å²) in [6.07, 6.45) is -3.10. The Bertz CT molecular complexity index is 581. The molecule has 94 valence electrons. The molecular weight excluding hydrogens is 245 g/mol. The number of alkyl halides is 3. The van der Waals surface area contributed by atoms with Crippen LogP contribution in [0.2, 0.25) is 0 Å². The number of hydrogen-bond donors (Lipinski definition) is 2. The van der Waals surface area contributed by atoms with Gasteiger partial charge in [-0.05, 0) is 17.7 Å². The van der Waals surface area contributed by atoms with Crippen LogP contribution in [0.5, 0.6) is 0 Å². The van der Waals surface area contributed by atoms with Crippen LogP contribution < -0.4 is 11.5 Å². The van der Waals surface area contributed by atoms with Crippen molar-refractivity contribution in [3.8, 4) is 11.1 Å². The van der Waals surface area contributed by atoms with Crippen LogP contribution >= 0.6 is 0 Å². The predicted molar refractivity (Wildman–Crippen MR) is 61.3 cm³/mol. The van der Waals surface area contributed by atoms with Gasteiger partial charge < -0.3 is 11.5 Å². The minimum atomic E-state index is -4.40. The number of rotatable bonds is 1. The molecule has 0 aliphatic carbocycles. The molecule has 0 aliphatic rings. The van der Waals surface area contributed by atoms with Gasteiger partial charge in [0.2, 0.25) is 5.95 Å². The van der Waals surface area contributed by atoms with Crippen LogP contribution in [0.25, 0.3) is 11.1 Å². The zero-order valence-electron chi connectivity index (χ0n) is 9.07. The molecule has 4 nitrogen and oxygen atoms in total. The van der Waals surface area contributed by atoms with E-state index in [1.807, 2.05) is 0 Å². The van der Waals surface area contributed by atoms with E-state index in [0.717, 1.165) is 12.1 Å². The van der Waals surface area contributed by atoms with Gasteiger partial charge in [-0.1, -0.05) is 12.1 Å². The van der Waals surface area contributed by atoms with E-state index in [0.29, 0.717) is 11.1 Å². The summed E-state index contributed by atoms with van der Waals surface area (Å²) >= 11 is 0. The maximum atomic E-state index is 12.6.